The molecule has 0 spiro atoms. The highest BCUT2D eigenvalue weighted by molar-refractivity contribution is 5.81. The largest absolute Gasteiger partial charge is 0.494 e. The summed E-state index contributed by atoms with van der Waals surface area (Å²) in [4.78, 5) is 21.6. The van der Waals surface area contributed by atoms with Crippen LogP contribution in [0, 0.1) is 18.2 Å². The predicted octanol–water partition coefficient (Wildman–Crippen LogP) is 4.81. The summed E-state index contributed by atoms with van der Waals surface area (Å²) < 4.78 is 35.6. The van der Waals surface area contributed by atoms with E-state index < -0.39 is 11.6 Å². The number of nitrogens with one attached hydrogen (secondary N) is 1. The minimum absolute atomic E-state index is 0.0557. The van der Waals surface area contributed by atoms with Crippen LogP contribution in [0.5, 0.6) is 5.75 Å². The normalized spacial score (nSPS) is 16.2. The Morgan fingerprint density at radius 2 is 1.88 bits per heavy atom. The third-order valence-electron chi connectivity index (χ3n) is 6.05. The molecule has 1 unspecified atom stereocenters. The zero-order valence-electron chi connectivity index (χ0n) is 18.5. The SMILES string of the molecule is [C-]#[N+]c1ccc(-c2nc(C3CCCNCC3)n(C)c(=O)c2-c2ccc(OC)c(F)c2)cc1F. The van der Waals surface area contributed by atoms with Gasteiger partial charge in [0.2, 0.25) is 5.69 Å². The Balaban J connectivity index is 1.98. The van der Waals surface area contributed by atoms with Gasteiger partial charge in [-0.1, -0.05) is 18.2 Å². The van der Waals surface area contributed by atoms with E-state index in [2.05, 4.69) is 10.2 Å². The Hall–Kier alpha value is -3.57. The second-order valence-electron chi connectivity index (χ2n) is 8.06. The van der Waals surface area contributed by atoms with Crippen molar-refractivity contribution in [2.75, 3.05) is 20.2 Å². The molecule has 0 amide bonds. The van der Waals surface area contributed by atoms with Crippen molar-refractivity contribution in [2.24, 2.45) is 7.05 Å². The van der Waals surface area contributed by atoms with E-state index in [1.165, 1.54) is 35.9 Å². The van der Waals surface area contributed by atoms with E-state index in [9.17, 15) is 13.6 Å². The van der Waals surface area contributed by atoms with Crippen LogP contribution in [0.4, 0.5) is 14.5 Å². The zero-order valence-corrected chi connectivity index (χ0v) is 18.5. The molecular formula is C25H24F2N4O2. The molecule has 6 nitrogen and oxygen atoms in total. The minimum atomic E-state index is -0.697. The van der Waals surface area contributed by atoms with Gasteiger partial charge in [-0.15, -0.1) is 0 Å². The molecule has 8 heteroatoms. The Bertz CT molecular complexity index is 1290. The van der Waals surface area contributed by atoms with Crippen LogP contribution in [0.25, 0.3) is 27.2 Å². The van der Waals surface area contributed by atoms with Crippen molar-refractivity contribution in [3.8, 4) is 28.1 Å². The molecule has 1 aliphatic rings. The number of benzene rings is 2. The number of hydrogen-bond acceptors (Lipinski definition) is 4. The monoisotopic (exact) mass is 450 g/mol. The fraction of sp³-hybridized carbons (Fsp3) is 0.320. The summed E-state index contributed by atoms with van der Waals surface area (Å²) in [5.41, 5.74) is 0.660. The molecule has 0 aliphatic carbocycles. The quantitative estimate of drug-likeness (QED) is 0.580. The van der Waals surface area contributed by atoms with E-state index in [4.69, 9.17) is 16.3 Å². The van der Waals surface area contributed by atoms with Gasteiger partial charge in [0.1, 0.15) is 11.6 Å². The molecule has 3 aromatic rings. The van der Waals surface area contributed by atoms with Crippen LogP contribution in [0.1, 0.15) is 31.0 Å². The van der Waals surface area contributed by atoms with Gasteiger partial charge in [-0.25, -0.2) is 18.6 Å². The van der Waals surface area contributed by atoms with E-state index in [1.54, 1.807) is 19.2 Å². The Morgan fingerprint density at radius 3 is 2.58 bits per heavy atom. The maximum atomic E-state index is 14.5. The molecule has 0 radical (unpaired) electrons. The molecule has 1 aromatic heterocycles. The minimum Gasteiger partial charge on any atom is -0.494 e. The van der Waals surface area contributed by atoms with Gasteiger partial charge in [-0.2, -0.15) is 0 Å². The number of methoxy groups -OCH3 is 1. The van der Waals surface area contributed by atoms with Crippen LogP contribution in [0.2, 0.25) is 0 Å². The molecule has 1 N–H and O–H groups in total. The highest BCUT2D eigenvalue weighted by atomic mass is 19.1. The first-order chi connectivity index (χ1) is 15.9. The molecule has 33 heavy (non-hydrogen) atoms. The molecule has 1 fully saturated rings. The lowest BCUT2D eigenvalue weighted by Crippen LogP contribution is -2.27. The Morgan fingerprint density at radius 1 is 1.12 bits per heavy atom. The van der Waals surface area contributed by atoms with Gasteiger partial charge in [0.15, 0.2) is 11.6 Å². The Kier molecular flexibility index (Phi) is 6.52. The van der Waals surface area contributed by atoms with E-state index >= 15 is 0 Å². The average molecular weight is 450 g/mol. The first-order valence-electron chi connectivity index (χ1n) is 10.8. The number of ether oxygens (including phenoxy) is 1. The summed E-state index contributed by atoms with van der Waals surface area (Å²) in [6.07, 6.45) is 2.64. The smallest absolute Gasteiger partial charge is 0.261 e. The van der Waals surface area contributed by atoms with Gasteiger partial charge < -0.3 is 10.1 Å². The first-order valence-corrected chi connectivity index (χ1v) is 10.8. The second-order valence-corrected chi connectivity index (χ2v) is 8.06. The molecule has 2 aromatic carbocycles. The summed E-state index contributed by atoms with van der Waals surface area (Å²) in [6, 6.07) is 8.39. The molecule has 1 atom stereocenters. The number of halogens is 2. The van der Waals surface area contributed by atoms with Crippen LogP contribution < -0.4 is 15.6 Å². The highest BCUT2D eigenvalue weighted by Gasteiger charge is 2.24. The molecule has 170 valence electrons. The molecule has 0 saturated carbocycles. The van der Waals surface area contributed by atoms with E-state index in [0.29, 0.717) is 17.0 Å². The van der Waals surface area contributed by atoms with Crippen molar-refractivity contribution in [2.45, 2.75) is 25.2 Å². The first kappa shape index (κ1) is 22.6. The fourth-order valence-electron chi connectivity index (χ4n) is 4.30. The molecule has 1 aliphatic heterocycles. The van der Waals surface area contributed by atoms with Crippen LogP contribution in [-0.2, 0) is 7.05 Å². The van der Waals surface area contributed by atoms with E-state index in [0.717, 1.165) is 32.4 Å². The van der Waals surface area contributed by atoms with Gasteiger partial charge in [0, 0.05) is 18.5 Å². The summed E-state index contributed by atoms with van der Waals surface area (Å²) >= 11 is 0. The zero-order chi connectivity index (χ0) is 23.5. The highest BCUT2D eigenvalue weighted by Crippen LogP contribution is 2.34. The number of nitrogens with zero attached hydrogens (tertiary/aromatic N) is 3. The van der Waals surface area contributed by atoms with E-state index in [-0.39, 0.29) is 34.2 Å². The van der Waals surface area contributed by atoms with Crippen LogP contribution in [-0.4, -0.2) is 29.8 Å². The van der Waals surface area contributed by atoms with Gasteiger partial charge in [-0.05, 0) is 56.1 Å². The lowest BCUT2D eigenvalue weighted by atomic mass is 9.96. The summed E-state index contributed by atoms with van der Waals surface area (Å²) in [5, 5.41) is 3.36. The van der Waals surface area contributed by atoms with Crippen molar-refractivity contribution in [1.29, 1.82) is 0 Å². The molecule has 2 heterocycles. The number of rotatable bonds is 4. The van der Waals surface area contributed by atoms with Gasteiger partial charge >= 0.3 is 0 Å². The number of aromatic nitrogens is 2. The van der Waals surface area contributed by atoms with Crippen molar-refractivity contribution < 1.29 is 13.5 Å². The molecule has 0 bridgehead atoms. The van der Waals surface area contributed by atoms with Crippen LogP contribution >= 0.6 is 0 Å². The topological polar surface area (TPSA) is 60.5 Å². The average Bonchev–Trinajstić information content (AvgIpc) is 3.10. The Labute approximate surface area is 190 Å². The molecule has 1 saturated heterocycles. The molecule has 4 rings (SSSR count). The van der Waals surface area contributed by atoms with Crippen LogP contribution in [0.3, 0.4) is 0 Å². The molecular weight excluding hydrogens is 426 g/mol. The standard InChI is InChI=1S/C25H24F2N4O2/c1-28-20-8-6-17(14-18(20)26)23-22(16-7-9-21(33-3)19(27)13-16)25(32)31(2)24(30-23)15-5-4-11-29-12-10-15/h6-9,13-15,29H,4-5,10-12H2,2-3H3. The maximum Gasteiger partial charge on any atom is 0.261 e. The van der Waals surface area contributed by atoms with E-state index in [1.807, 2.05) is 0 Å². The second kappa shape index (κ2) is 9.51. The van der Waals surface area contributed by atoms with Crippen molar-refractivity contribution in [3.05, 3.63) is 75.6 Å². The summed E-state index contributed by atoms with van der Waals surface area (Å²) in [5.74, 6) is -0.579. The van der Waals surface area contributed by atoms with Gasteiger partial charge in [0.25, 0.3) is 5.56 Å². The van der Waals surface area contributed by atoms with Crippen LogP contribution in [0.15, 0.2) is 41.2 Å². The lowest BCUT2D eigenvalue weighted by molar-refractivity contribution is 0.386. The lowest BCUT2D eigenvalue weighted by Gasteiger charge is -2.20. The summed E-state index contributed by atoms with van der Waals surface area (Å²) in [7, 11) is 3.03. The van der Waals surface area contributed by atoms with Crippen molar-refractivity contribution in [3.63, 3.8) is 0 Å². The third-order valence-corrected chi connectivity index (χ3v) is 6.05. The fourth-order valence-corrected chi connectivity index (χ4v) is 4.30. The predicted molar refractivity (Wildman–Crippen MR) is 123 cm³/mol. The summed E-state index contributed by atoms with van der Waals surface area (Å²) in [6.45, 7) is 8.83. The van der Waals surface area contributed by atoms with Crippen molar-refractivity contribution in [1.82, 2.24) is 14.9 Å². The maximum absolute atomic E-state index is 14.5. The van der Waals surface area contributed by atoms with Crippen molar-refractivity contribution >= 4 is 5.69 Å². The number of hydrogen-bond donors (Lipinski definition) is 1. The van der Waals surface area contributed by atoms with Gasteiger partial charge in [-0.3, -0.25) is 9.36 Å². The third kappa shape index (κ3) is 4.37. The van der Waals surface area contributed by atoms with Gasteiger partial charge in [0.05, 0.1) is 24.9 Å².